The Bertz CT molecular complexity index is 602. The molecule has 2 amide bonds. The second kappa shape index (κ2) is 37.6. The highest BCUT2D eigenvalue weighted by Gasteiger charge is 1.97. The quantitative estimate of drug-likeness (QED) is 0.0537. The average Bonchev–Trinajstić information content (AvgIpc) is 3.00. The number of hydrogen-bond donors (Lipinski definition) is 2. The van der Waals surface area contributed by atoms with E-state index >= 15 is 0 Å². The highest BCUT2D eigenvalue weighted by Crippen LogP contribution is 2.15. The van der Waals surface area contributed by atoms with Crippen LogP contribution in [-0.2, 0) is 9.59 Å². The van der Waals surface area contributed by atoms with E-state index in [0.29, 0.717) is 12.8 Å². The molecule has 4 nitrogen and oxygen atoms in total. The Kier molecular flexibility index (Phi) is 36.3. The van der Waals surface area contributed by atoms with Gasteiger partial charge in [-0.2, -0.15) is 0 Å². The molecule has 258 valence electrons. The number of allylic oxidation sites excluding steroid dienone is 4. The Morgan fingerprint density at radius 2 is 0.432 bits per heavy atom. The van der Waals surface area contributed by atoms with Crippen LogP contribution in [0.2, 0.25) is 0 Å². The average molecular weight is 617 g/mol. The topological polar surface area (TPSA) is 86.2 Å². The minimum Gasteiger partial charge on any atom is -0.370 e. The SMILES string of the molecule is NC(=O)CCCCCCC/C=C\CCCCCCCCCCCCCCCCCCCC/C=C\CCCCCCCC(N)=O. The molecule has 0 fully saturated rings. The van der Waals surface area contributed by atoms with Gasteiger partial charge in [-0.25, -0.2) is 0 Å². The number of rotatable bonds is 37. The molecule has 0 heterocycles. The zero-order valence-electron chi connectivity index (χ0n) is 29.3. The summed E-state index contributed by atoms with van der Waals surface area (Å²) in [6.45, 7) is 0. The number of hydrogen-bond acceptors (Lipinski definition) is 2. The van der Waals surface area contributed by atoms with E-state index in [1.807, 2.05) is 0 Å². The number of primary amides is 2. The van der Waals surface area contributed by atoms with E-state index in [1.165, 1.54) is 180 Å². The first-order valence-corrected chi connectivity index (χ1v) is 19.5. The first kappa shape index (κ1) is 42.4. The van der Waals surface area contributed by atoms with Crippen molar-refractivity contribution in [2.75, 3.05) is 0 Å². The molecular weight excluding hydrogens is 540 g/mol. The van der Waals surface area contributed by atoms with Crippen LogP contribution in [-0.4, -0.2) is 11.8 Å². The largest absolute Gasteiger partial charge is 0.370 e. The number of nitrogens with two attached hydrogens (primary N) is 2. The fraction of sp³-hybridized carbons (Fsp3) is 0.850. The van der Waals surface area contributed by atoms with Gasteiger partial charge in [-0.15, -0.1) is 0 Å². The molecule has 0 aliphatic rings. The fourth-order valence-corrected chi connectivity index (χ4v) is 6.01. The molecule has 4 N–H and O–H groups in total. The van der Waals surface area contributed by atoms with Crippen LogP contribution in [0.4, 0.5) is 0 Å². The van der Waals surface area contributed by atoms with Crippen LogP contribution < -0.4 is 11.5 Å². The Hall–Kier alpha value is -1.58. The van der Waals surface area contributed by atoms with Crippen LogP contribution in [0.5, 0.6) is 0 Å². The van der Waals surface area contributed by atoms with Crippen molar-refractivity contribution in [3.63, 3.8) is 0 Å². The van der Waals surface area contributed by atoms with E-state index in [-0.39, 0.29) is 11.8 Å². The van der Waals surface area contributed by atoms with Gasteiger partial charge in [0, 0.05) is 12.8 Å². The second-order valence-corrected chi connectivity index (χ2v) is 13.4. The molecule has 0 aromatic carbocycles. The normalized spacial score (nSPS) is 11.7. The van der Waals surface area contributed by atoms with E-state index < -0.39 is 0 Å². The third-order valence-corrected chi connectivity index (χ3v) is 8.91. The van der Waals surface area contributed by atoms with Gasteiger partial charge in [-0.3, -0.25) is 9.59 Å². The molecule has 0 rings (SSSR count). The molecule has 0 bridgehead atoms. The maximum Gasteiger partial charge on any atom is 0.217 e. The lowest BCUT2D eigenvalue weighted by Gasteiger charge is -2.04. The van der Waals surface area contributed by atoms with Crippen molar-refractivity contribution in [2.24, 2.45) is 11.5 Å². The summed E-state index contributed by atoms with van der Waals surface area (Å²) in [5.41, 5.74) is 10.3. The van der Waals surface area contributed by atoms with Gasteiger partial charge in [0.05, 0.1) is 0 Å². The Morgan fingerprint density at radius 3 is 0.614 bits per heavy atom. The zero-order valence-corrected chi connectivity index (χ0v) is 29.3. The summed E-state index contributed by atoms with van der Waals surface area (Å²) < 4.78 is 0. The van der Waals surface area contributed by atoms with Crippen LogP contribution in [0.25, 0.3) is 0 Å². The van der Waals surface area contributed by atoms with Crippen molar-refractivity contribution in [2.45, 2.75) is 218 Å². The van der Waals surface area contributed by atoms with Crippen molar-refractivity contribution in [3.05, 3.63) is 24.3 Å². The molecule has 0 aromatic rings. The highest BCUT2D eigenvalue weighted by molar-refractivity contribution is 5.73. The molecule has 0 atom stereocenters. The van der Waals surface area contributed by atoms with Gasteiger partial charge in [0.25, 0.3) is 0 Å². The van der Waals surface area contributed by atoms with Crippen LogP contribution in [0.1, 0.15) is 218 Å². The van der Waals surface area contributed by atoms with Crippen molar-refractivity contribution in [3.8, 4) is 0 Å². The highest BCUT2D eigenvalue weighted by atomic mass is 16.1. The summed E-state index contributed by atoms with van der Waals surface area (Å²) in [6.07, 6.45) is 52.9. The van der Waals surface area contributed by atoms with Crippen LogP contribution in [0, 0.1) is 0 Å². The van der Waals surface area contributed by atoms with Crippen molar-refractivity contribution in [1.82, 2.24) is 0 Å². The molecule has 0 aliphatic carbocycles. The molecule has 0 saturated carbocycles. The summed E-state index contributed by atoms with van der Waals surface area (Å²) in [6, 6.07) is 0. The number of carbonyl (C=O) groups excluding carboxylic acids is 2. The minimum atomic E-state index is -0.163. The van der Waals surface area contributed by atoms with Gasteiger partial charge in [0.1, 0.15) is 0 Å². The number of amides is 2. The zero-order chi connectivity index (χ0) is 32.0. The van der Waals surface area contributed by atoms with Gasteiger partial charge in [-0.1, -0.05) is 166 Å². The van der Waals surface area contributed by atoms with E-state index in [4.69, 9.17) is 11.5 Å². The lowest BCUT2D eigenvalue weighted by Crippen LogP contribution is -2.09. The molecule has 4 heteroatoms. The lowest BCUT2D eigenvalue weighted by molar-refractivity contribution is -0.119. The molecule has 44 heavy (non-hydrogen) atoms. The van der Waals surface area contributed by atoms with E-state index in [1.54, 1.807) is 0 Å². The van der Waals surface area contributed by atoms with E-state index in [9.17, 15) is 9.59 Å². The first-order valence-electron chi connectivity index (χ1n) is 19.5. The summed E-state index contributed by atoms with van der Waals surface area (Å²) in [5.74, 6) is -0.327. The van der Waals surface area contributed by atoms with Crippen molar-refractivity contribution in [1.29, 1.82) is 0 Å². The van der Waals surface area contributed by atoms with Gasteiger partial charge in [-0.05, 0) is 64.2 Å². The third-order valence-electron chi connectivity index (χ3n) is 8.91. The van der Waals surface area contributed by atoms with Gasteiger partial charge in [0.15, 0.2) is 0 Å². The summed E-state index contributed by atoms with van der Waals surface area (Å²) in [4.78, 5) is 21.4. The Labute approximate surface area is 275 Å². The predicted molar refractivity (Wildman–Crippen MR) is 194 cm³/mol. The molecule has 0 unspecified atom stereocenters. The first-order chi connectivity index (χ1) is 21.6. The molecule has 0 spiro atoms. The van der Waals surface area contributed by atoms with Gasteiger partial charge >= 0.3 is 0 Å². The van der Waals surface area contributed by atoms with Crippen LogP contribution >= 0.6 is 0 Å². The van der Waals surface area contributed by atoms with Crippen molar-refractivity contribution >= 4 is 11.8 Å². The standard InChI is InChI=1S/C40H76N2O2/c41-39(43)37-35-33-31-29-27-25-23-21-19-17-15-13-11-9-7-5-3-1-2-4-6-8-10-12-14-16-18-20-22-24-26-28-30-32-34-36-38-40(42)44/h21-24H,1-20,25-38H2,(H2,41,43)(H2,42,44)/b23-21-,24-22-. The minimum absolute atomic E-state index is 0.163. The summed E-state index contributed by atoms with van der Waals surface area (Å²) in [7, 11) is 0. The lowest BCUT2D eigenvalue weighted by atomic mass is 10.0. The van der Waals surface area contributed by atoms with Crippen molar-refractivity contribution < 1.29 is 9.59 Å². The van der Waals surface area contributed by atoms with Gasteiger partial charge in [0.2, 0.25) is 11.8 Å². The molecule has 0 aliphatic heterocycles. The summed E-state index contributed by atoms with van der Waals surface area (Å²) >= 11 is 0. The third kappa shape index (κ3) is 40.4. The fourth-order valence-electron chi connectivity index (χ4n) is 6.01. The number of carbonyl (C=O) groups is 2. The van der Waals surface area contributed by atoms with Gasteiger partial charge < -0.3 is 11.5 Å². The van der Waals surface area contributed by atoms with Crippen LogP contribution in [0.15, 0.2) is 24.3 Å². The monoisotopic (exact) mass is 617 g/mol. The molecule has 0 aromatic heterocycles. The smallest absolute Gasteiger partial charge is 0.217 e. The Morgan fingerprint density at radius 1 is 0.273 bits per heavy atom. The van der Waals surface area contributed by atoms with E-state index in [0.717, 1.165) is 25.7 Å². The molecule has 0 radical (unpaired) electrons. The Balaban J connectivity index is 3.12. The maximum atomic E-state index is 10.7. The molecular formula is C40H76N2O2. The molecule has 0 saturated heterocycles. The van der Waals surface area contributed by atoms with E-state index in [2.05, 4.69) is 24.3 Å². The predicted octanol–water partition coefficient (Wildman–Crippen LogP) is 12.3. The number of unbranched alkanes of at least 4 members (excludes halogenated alkanes) is 29. The maximum absolute atomic E-state index is 10.7. The van der Waals surface area contributed by atoms with Crippen LogP contribution in [0.3, 0.4) is 0 Å². The second-order valence-electron chi connectivity index (χ2n) is 13.4. The summed E-state index contributed by atoms with van der Waals surface area (Å²) in [5, 5.41) is 0.